The zero-order valence-corrected chi connectivity index (χ0v) is 11.2. The number of rotatable bonds is 6. The minimum atomic E-state index is -4.16. The van der Waals surface area contributed by atoms with Crippen molar-refractivity contribution < 1.29 is 23.1 Å². The predicted octanol–water partition coefficient (Wildman–Crippen LogP) is 3.20. The van der Waals surface area contributed by atoms with Crippen LogP contribution in [-0.2, 0) is 4.79 Å². The highest BCUT2D eigenvalue weighted by molar-refractivity contribution is 5.67. The molecule has 1 aliphatic rings. The van der Waals surface area contributed by atoms with Crippen molar-refractivity contribution in [2.24, 2.45) is 11.3 Å². The van der Waals surface area contributed by atoms with E-state index >= 15 is 0 Å². The summed E-state index contributed by atoms with van der Waals surface area (Å²) in [6, 6.07) is 0. The standard InChI is InChI=1S/C13H22F3NO2/c1-10-3-2-4-12(7-10,8-11(18)19)9-17-6-5-13(14,15)16/h10,17H,2-9H2,1H3,(H,18,19)/t10-,12+/m1/s1. The van der Waals surface area contributed by atoms with Gasteiger partial charge < -0.3 is 10.4 Å². The van der Waals surface area contributed by atoms with Crippen LogP contribution in [0.2, 0.25) is 0 Å². The van der Waals surface area contributed by atoms with Crippen molar-refractivity contribution in [3.05, 3.63) is 0 Å². The predicted molar refractivity (Wildman–Crippen MR) is 65.9 cm³/mol. The quantitative estimate of drug-likeness (QED) is 0.735. The molecule has 3 nitrogen and oxygen atoms in total. The molecular weight excluding hydrogens is 259 g/mol. The molecular formula is C13H22F3NO2. The number of alkyl halides is 3. The number of aliphatic carboxylic acids is 1. The maximum Gasteiger partial charge on any atom is 0.390 e. The molecule has 1 rings (SSSR count). The van der Waals surface area contributed by atoms with Crippen LogP contribution in [0.25, 0.3) is 0 Å². The molecule has 0 saturated heterocycles. The molecule has 1 fully saturated rings. The molecule has 0 amide bonds. The van der Waals surface area contributed by atoms with Crippen molar-refractivity contribution >= 4 is 5.97 Å². The van der Waals surface area contributed by atoms with E-state index in [4.69, 9.17) is 5.11 Å². The van der Waals surface area contributed by atoms with Crippen LogP contribution in [0.5, 0.6) is 0 Å². The molecule has 2 N–H and O–H groups in total. The molecule has 2 atom stereocenters. The van der Waals surface area contributed by atoms with Gasteiger partial charge in [-0.15, -0.1) is 0 Å². The third-order valence-electron chi connectivity index (χ3n) is 3.80. The molecule has 0 aromatic heterocycles. The number of hydrogen-bond donors (Lipinski definition) is 2. The number of hydrogen-bond acceptors (Lipinski definition) is 2. The van der Waals surface area contributed by atoms with Crippen LogP contribution < -0.4 is 5.32 Å². The lowest BCUT2D eigenvalue weighted by Crippen LogP contribution is -2.40. The topological polar surface area (TPSA) is 49.3 Å². The van der Waals surface area contributed by atoms with Crippen LogP contribution in [0.15, 0.2) is 0 Å². The van der Waals surface area contributed by atoms with Gasteiger partial charge in [0.15, 0.2) is 0 Å². The Morgan fingerprint density at radius 3 is 2.68 bits per heavy atom. The summed E-state index contributed by atoms with van der Waals surface area (Å²) in [6.07, 6.45) is -1.41. The van der Waals surface area contributed by atoms with Gasteiger partial charge >= 0.3 is 12.1 Å². The van der Waals surface area contributed by atoms with E-state index in [0.717, 1.165) is 25.7 Å². The largest absolute Gasteiger partial charge is 0.481 e. The second kappa shape index (κ2) is 6.59. The molecule has 0 heterocycles. The van der Waals surface area contributed by atoms with Crippen LogP contribution in [-0.4, -0.2) is 30.3 Å². The highest BCUT2D eigenvalue weighted by Gasteiger charge is 2.37. The van der Waals surface area contributed by atoms with Crippen molar-refractivity contribution in [2.45, 2.75) is 51.6 Å². The minimum absolute atomic E-state index is 0.0381. The van der Waals surface area contributed by atoms with E-state index in [0.29, 0.717) is 12.5 Å². The summed E-state index contributed by atoms with van der Waals surface area (Å²) in [5.74, 6) is -0.427. The zero-order valence-electron chi connectivity index (χ0n) is 11.2. The van der Waals surface area contributed by atoms with Crippen LogP contribution in [0.4, 0.5) is 13.2 Å². The molecule has 0 spiro atoms. The van der Waals surface area contributed by atoms with E-state index in [2.05, 4.69) is 12.2 Å². The van der Waals surface area contributed by atoms with Crippen molar-refractivity contribution in [3.8, 4) is 0 Å². The Labute approximate surface area is 111 Å². The van der Waals surface area contributed by atoms with E-state index in [1.54, 1.807) is 0 Å². The van der Waals surface area contributed by atoms with Gasteiger partial charge in [0.25, 0.3) is 0 Å². The van der Waals surface area contributed by atoms with Gasteiger partial charge in [0.05, 0.1) is 12.8 Å². The number of carboxylic acid groups (broad SMARTS) is 1. The number of nitrogens with one attached hydrogen (secondary N) is 1. The van der Waals surface area contributed by atoms with Crippen LogP contribution in [0.1, 0.15) is 45.4 Å². The first-order valence-corrected chi connectivity index (χ1v) is 6.72. The van der Waals surface area contributed by atoms with Gasteiger partial charge in [0.2, 0.25) is 0 Å². The zero-order chi connectivity index (χ0) is 14.5. The number of carbonyl (C=O) groups is 1. The lowest BCUT2D eigenvalue weighted by atomic mass is 9.68. The van der Waals surface area contributed by atoms with Gasteiger partial charge in [0, 0.05) is 13.1 Å². The van der Waals surface area contributed by atoms with E-state index in [1.165, 1.54) is 0 Å². The normalized spacial score (nSPS) is 28.3. The molecule has 112 valence electrons. The van der Waals surface area contributed by atoms with Gasteiger partial charge in [-0.3, -0.25) is 4.79 Å². The van der Waals surface area contributed by atoms with E-state index in [-0.39, 0.29) is 18.4 Å². The Morgan fingerprint density at radius 2 is 2.16 bits per heavy atom. The first-order chi connectivity index (χ1) is 8.72. The summed E-state index contributed by atoms with van der Waals surface area (Å²) in [7, 11) is 0. The molecule has 1 saturated carbocycles. The average molecular weight is 281 g/mol. The first kappa shape index (κ1) is 16.3. The van der Waals surface area contributed by atoms with Gasteiger partial charge in [-0.1, -0.05) is 19.8 Å². The molecule has 0 aromatic carbocycles. The van der Waals surface area contributed by atoms with E-state index in [9.17, 15) is 18.0 Å². The van der Waals surface area contributed by atoms with Crippen LogP contribution in [0, 0.1) is 11.3 Å². The van der Waals surface area contributed by atoms with Crippen molar-refractivity contribution in [1.29, 1.82) is 0 Å². The third-order valence-corrected chi connectivity index (χ3v) is 3.80. The minimum Gasteiger partial charge on any atom is -0.481 e. The smallest absolute Gasteiger partial charge is 0.390 e. The Morgan fingerprint density at radius 1 is 1.47 bits per heavy atom. The highest BCUT2D eigenvalue weighted by Crippen LogP contribution is 2.41. The maximum atomic E-state index is 12.1. The summed E-state index contributed by atoms with van der Waals surface area (Å²) in [4.78, 5) is 11.0. The van der Waals surface area contributed by atoms with Gasteiger partial charge in [0.1, 0.15) is 0 Å². The maximum absolute atomic E-state index is 12.1. The highest BCUT2D eigenvalue weighted by atomic mass is 19.4. The lowest BCUT2D eigenvalue weighted by molar-refractivity contribution is -0.141. The first-order valence-electron chi connectivity index (χ1n) is 6.72. The number of carboxylic acids is 1. The van der Waals surface area contributed by atoms with Crippen LogP contribution in [0.3, 0.4) is 0 Å². The molecule has 0 radical (unpaired) electrons. The summed E-state index contributed by atoms with van der Waals surface area (Å²) >= 11 is 0. The van der Waals surface area contributed by atoms with Gasteiger partial charge in [-0.2, -0.15) is 13.2 Å². The molecule has 19 heavy (non-hydrogen) atoms. The molecule has 0 bridgehead atoms. The molecule has 0 unspecified atom stereocenters. The Balaban J connectivity index is 2.48. The Hall–Kier alpha value is -0.780. The summed E-state index contributed by atoms with van der Waals surface area (Å²) in [5, 5.41) is 11.8. The molecule has 6 heteroatoms. The van der Waals surface area contributed by atoms with E-state index in [1.807, 2.05) is 0 Å². The van der Waals surface area contributed by atoms with Gasteiger partial charge in [-0.05, 0) is 24.2 Å². The lowest BCUT2D eigenvalue weighted by Gasteiger charge is -2.39. The third kappa shape index (κ3) is 6.27. The fourth-order valence-corrected chi connectivity index (χ4v) is 3.06. The average Bonchev–Trinajstić information content (AvgIpc) is 2.22. The molecule has 0 aliphatic heterocycles. The van der Waals surface area contributed by atoms with Crippen molar-refractivity contribution in [2.75, 3.05) is 13.1 Å². The van der Waals surface area contributed by atoms with Crippen molar-refractivity contribution in [1.82, 2.24) is 5.32 Å². The van der Waals surface area contributed by atoms with Gasteiger partial charge in [-0.25, -0.2) is 0 Å². The fraction of sp³-hybridized carbons (Fsp3) is 0.923. The number of halogens is 3. The monoisotopic (exact) mass is 281 g/mol. The van der Waals surface area contributed by atoms with Crippen LogP contribution >= 0.6 is 0 Å². The SMILES string of the molecule is C[C@@H]1CCC[C@@](CNCCC(F)(F)F)(CC(=O)O)C1. The summed E-state index contributed by atoms with van der Waals surface area (Å²) < 4.78 is 36.2. The second-order valence-electron chi connectivity index (χ2n) is 5.81. The Bertz CT molecular complexity index is 307. The molecule has 1 aliphatic carbocycles. The molecule has 0 aromatic rings. The summed E-state index contributed by atoms with van der Waals surface area (Å²) in [5.41, 5.74) is -0.380. The van der Waals surface area contributed by atoms with Crippen molar-refractivity contribution in [3.63, 3.8) is 0 Å². The fourth-order valence-electron chi connectivity index (χ4n) is 3.06. The second-order valence-corrected chi connectivity index (χ2v) is 5.81. The summed E-state index contributed by atoms with van der Waals surface area (Å²) in [6.45, 7) is 2.30. The van der Waals surface area contributed by atoms with E-state index < -0.39 is 18.6 Å². The Kier molecular flexibility index (Phi) is 5.64.